The van der Waals surface area contributed by atoms with Crippen molar-refractivity contribution in [1.82, 2.24) is 4.90 Å². The smallest absolute Gasteiger partial charge is 0.305 e. The highest BCUT2D eigenvalue weighted by atomic mass is 16.5. The number of methoxy groups -OCH3 is 1. The Kier molecular flexibility index (Phi) is 4.74. The topological polar surface area (TPSA) is 66.8 Å². The Hall–Kier alpha value is -1.88. The number of benzene rings is 1. The molecule has 1 amide bonds. The van der Waals surface area contributed by atoms with Crippen LogP contribution in [0.1, 0.15) is 35.2 Å². The Morgan fingerprint density at radius 3 is 2.95 bits per heavy atom. The van der Waals surface area contributed by atoms with Crippen molar-refractivity contribution in [1.29, 1.82) is 0 Å². The molecule has 0 radical (unpaired) electrons. The molecule has 108 valence electrons. The number of carbonyl (C=O) groups is 2. The molecule has 1 aromatic rings. The van der Waals surface area contributed by atoms with Crippen LogP contribution in [0.4, 0.5) is 0 Å². The molecule has 0 bridgehead atoms. The van der Waals surface area contributed by atoms with Gasteiger partial charge in [-0.2, -0.15) is 0 Å². The zero-order valence-corrected chi connectivity index (χ0v) is 11.5. The maximum Gasteiger partial charge on any atom is 0.305 e. The summed E-state index contributed by atoms with van der Waals surface area (Å²) in [6.07, 6.45) is 1.64. The van der Waals surface area contributed by atoms with Gasteiger partial charge in [-0.05, 0) is 30.5 Å². The van der Waals surface area contributed by atoms with E-state index in [4.69, 9.17) is 9.84 Å². The molecule has 1 aromatic carbocycles. The Morgan fingerprint density at radius 1 is 1.45 bits per heavy atom. The number of nitrogens with zero attached hydrogens (tertiary/aromatic N) is 1. The number of carboxylic acid groups (broad SMARTS) is 1. The number of rotatable bonds is 5. The third-order valence-corrected chi connectivity index (χ3v) is 3.53. The summed E-state index contributed by atoms with van der Waals surface area (Å²) in [5.41, 5.74) is 1.53. The number of amides is 1. The summed E-state index contributed by atoms with van der Waals surface area (Å²) in [5, 5.41) is 8.90. The Bertz CT molecular complexity index is 500. The van der Waals surface area contributed by atoms with E-state index in [1.54, 1.807) is 18.1 Å². The molecule has 20 heavy (non-hydrogen) atoms. The minimum Gasteiger partial charge on any atom is -0.481 e. The van der Waals surface area contributed by atoms with Crippen LogP contribution in [0.5, 0.6) is 0 Å². The predicted octanol–water partition coefficient (Wildman–Crippen LogP) is 1.91. The van der Waals surface area contributed by atoms with E-state index >= 15 is 0 Å². The fourth-order valence-electron chi connectivity index (χ4n) is 2.64. The fourth-order valence-corrected chi connectivity index (χ4v) is 2.64. The van der Waals surface area contributed by atoms with Gasteiger partial charge < -0.3 is 14.7 Å². The van der Waals surface area contributed by atoms with Gasteiger partial charge in [0, 0.05) is 25.3 Å². The van der Waals surface area contributed by atoms with Gasteiger partial charge in [-0.25, -0.2) is 0 Å². The summed E-state index contributed by atoms with van der Waals surface area (Å²) in [6, 6.07) is 7.11. The van der Waals surface area contributed by atoms with Crippen LogP contribution < -0.4 is 0 Å². The average molecular weight is 277 g/mol. The van der Waals surface area contributed by atoms with Crippen molar-refractivity contribution in [3.8, 4) is 0 Å². The maximum atomic E-state index is 12.5. The lowest BCUT2D eigenvalue weighted by molar-refractivity contribution is -0.137. The standard InChI is InChI=1S/C15H19NO4/c1-20-10-11-4-2-5-12(8-11)15(19)16-7-3-6-13(16)9-14(17)18/h2,4-5,8,13H,3,6-7,9-10H2,1H3,(H,17,18)/t13-/m1/s1. The molecule has 2 rings (SSSR count). The highest BCUT2D eigenvalue weighted by Gasteiger charge is 2.30. The summed E-state index contributed by atoms with van der Waals surface area (Å²) in [6.45, 7) is 1.09. The van der Waals surface area contributed by atoms with Gasteiger partial charge in [0.25, 0.3) is 5.91 Å². The molecule has 0 aromatic heterocycles. The molecule has 1 heterocycles. The first-order valence-electron chi connectivity index (χ1n) is 6.72. The second-order valence-electron chi connectivity index (χ2n) is 5.03. The van der Waals surface area contributed by atoms with E-state index in [1.165, 1.54) is 0 Å². The van der Waals surface area contributed by atoms with Crippen LogP contribution in [0.25, 0.3) is 0 Å². The van der Waals surface area contributed by atoms with Gasteiger partial charge in [0.1, 0.15) is 0 Å². The van der Waals surface area contributed by atoms with Crippen LogP contribution in [0, 0.1) is 0 Å². The first-order valence-corrected chi connectivity index (χ1v) is 6.72. The molecule has 1 aliphatic heterocycles. The molecule has 1 N–H and O–H groups in total. The molecule has 5 nitrogen and oxygen atoms in total. The molecule has 1 atom stereocenters. The van der Waals surface area contributed by atoms with E-state index in [-0.39, 0.29) is 18.4 Å². The highest BCUT2D eigenvalue weighted by Crippen LogP contribution is 2.23. The van der Waals surface area contributed by atoms with Gasteiger partial charge in [0.15, 0.2) is 0 Å². The number of ether oxygens (including phenoxy) is 1. The molecular weight excluding hydrogens is 258 g/mol. The van der Waals surface area contributed by atoms with E-state index in [0.29, 0.717) is 18.7 Å². The van der Waals surface area contributed by atoms with Gasteiger partial charge in [-0.1, -0.05) is 12.1 Å². The van der Waals surface area contributed by atoms with Crippen LogP contribution in [-0.4, -0.2) is 41.6 Å². The molecule has 0 saturated carbocycles. The molecule has 1 fully saturated rings. The van der Waals surface area contributed by atoms with E-state index < -0.39 is 5.97 Å². The van der Waals surface area contributed by atoms with Crippen LogP contribution >= 0.6 is 0 Å². The minimum absolute atomic E-state index is 0.0174. The maximum absolute atomic E-state index is 12.5. The number of hydrogen-bond donors (Lipinski definition) is 1. The summed E-state index contributed by atoms with van der Waals surface area (Å²) in [4.78, 5) is 25.0. The lowest BCUT2D eigenvalue weighted by Crippen LogP contribution is -2.36. The first kappa shape index (κ1) is 14.5. The molecule has 1 saturated heterocycles. The summed E-state index contributed by atoms with van der Waals surface area (Å²) in [7, 11) is 1.61. The van der Waals surface area contributed by atoms with Crippen LogP contribution in [0.2, 0.25) is 0 Å². The third-order valence-electron chi connectivity index (χ3n) is 3.53. The van der Waals surface area contributed by atoms with Crippen molar-refractivity contribution in [3.05, 3.63) is 35.4 Å². The largest absolute Gasteiger partial charge is 0.481 e. The van der Waals surface area contributed by atoms with Crippen molar-refractivity contribution in [3.63, 3.8) is 0 Å². The van der Waals surface area contributed by atoms with Gasteiger partial charge in [-0.3, -0.25) is 9.59 Å². The van der Waals surface area contributed by atoms with Crippen LogP contribution in [0.3, 0.4) is 0 Å². The predicted molar refractivity (Wildman–Crippen MR) is 73.5 cm³/mol. The SMILES string of the molecule is COCc1cccc(C(=O)N2CCC[C@@H]2CC(=O)O)c1. The van der Waals surface area contributed by atoms with E-state index in [1.807, 2.05) is 18.2 Å². The summed E-state index contributed by atoms with van der Waals surface area (Å²) < 4.78 is 5.06. The summed E-state index contributed by atoms with van der Waals surface area (Å²) in [5.74, 6) is -0.950. The van der Waals surface area contributed by atoms with Crippen LogP contribution in [0.15, 0.2) is 24.3 Å². The number of hydrogen-bond acceptors (Lipinski definition) is 3. The van der Waals surface area contributed by atoms with Crippen molar-refractivity contribution in [2.75, 3.05) is 13.7 Å². The lowest BCUT2D eigenvalue weighted by Gasteiger charge is -2.23. The fraction of sp³-hybridized carbons (Fsp3) is 0.467. The first-order chi connectivity index (χ1) is 9.61. The third kappa shape index (κ3) is 3.36. The monoisotopic (exact) mass is 277 g/mol. The molecule has 0 aliphatic carbocycles. The molecule has 0 unspecified atom stereocenters. The van der Waals surface area contributed by atoms with Gasteiger partial charge in [-0.15, -0.1) is 0 Å². The zero-order chi connectivity index (χ0) is 14.5. The number of carbonyl (C=O) groups excluding carboxylic acids is 1. The number of aliphatic carboxylic acids is 1. The van der Waals surface area contributed by atoms with Gasteiger partial charge in [0.05, 0.1) is 13.0 Å². The molecular formula is C15H19NO4. The van der Waals surface area contributed by atoms with E-state index in [0.717, 1.165) is 18.4 Å². The second-order valence-corrected chi connectivity index (χ2v) is 5.03. The van der Waals surface area contributed by atoms with Crippen molar-refractivity contribution in [2.24, 2.45) is 0 Å². The van der Waals surface area contributed by atoms with Crippen LogP contribution in [-0.2, 0) is 16.1 Å². The van der Waals surface area contributed by atoms with Crippen molar-refractivity contribution >= 4 is 11.9 Å². The molecule has 1 aliphatic rings. The summed E-state index contributed by atoms with van der Waals surface area (Å²) >= 11 is 0. The molecule has 0 spiro atoms. The van der Waals surface area contributed by atoms with Gasteiger partial charge in [0.2, 0.25) is 0 Å². The van der Waals surface area contributed by atoms with Crippen molar-refractivity contribution < 1.29 is 19.4 Å². The Morgan fingerprint density at radius 2 is 2.25 bits per heavy atom. The molecule has 5 heteroatoms. The van der Waals surface area contributed by atoms with E-state index in [9.17, 15) is 9.59 Å². The Balaban J connectivity index is 2.13. The highest BCUT2D eigenvalue weighted by molar-refractivity contribution is 5.95. The minimum atomic E-state index is -0.858. The second kappa shape index (κ2) is 6.52. The normalized spacial score (nSPS) is 18.2. The Labute approximate surface area is 118 Å². The number of carboxylic acids is 1. The van der Waals surface area contributed by atoms with E-state index in [2.05, 4.69) is 0 Å². The quantitative estimate of drug-likeness (QED) is 0.892. The van der Waals surface area contributed by atoms with Gasteiger partial charge >= 0.3 is 5.97 Å². The average Bonchev–Trinajstić information content (AvgIpc) is 2.86. The number of likely N-dealkylation sites (tertiary alicyclic amines) is 1. The zero-order valence-electron chi connectivity index (χ0n) is 11.5. The van der Waals surface area contributed by atoms with Crippen molar-refractivity contribution in [2.45, 2.75) is 31.9 Å². The lowest BCUT2D eigenvalue weighted by atomic mass is 10.1.